The van der Waals surface area contributed by atoms with E-state index in [1.54, 1.807) is 19.1 Å². The van der Waals surface area contributed by atoms with E-state index in [4.69, 9.17) is 0 Å². The predicted molar refractivity (Wildman–Crippen MR) is 71.4 cm³/mol. The zero-order valence-electron chi connectivity index (χ0n) is 11.1. The Kier molecular flexibility index (Phi) is 5.36. The van der Waals surface area contributed by atoms with Crippen molar-refractivity contribution < 1.29 is 9.59 Å². The van der Waals surface area contributed by atoms with Gasteiger partial charge < -0.3 is 10.6 Å². The first-order valence-corrected chi connectivity index (χ1v) is 6.19. The monoisotopic (exact) mass is 248 g/mol. The molecule has 1 aromatic rings. The summed E-state index contributed by atoms with van der Waals surface area (Å²) in [7, 11) is 0. The van der Waals surface area contributed by atoms with Gasteiger partial charge in [-0.05, 0) is 32.4 Å². The van der Waals surface area contributed by atoms with Crippen LogP contribution in [0, 0.1) is 6.92 Å². The maximum Gasteiger partial charge on any atom is 0.251 e. The number of benzene rings is 1. The molecule has 0 spiro atoms. The maximum atomic E-state index is 11.9. The van der Waals surface area contributed by atoms with Crippen LogP contribution in [0.3, 0.4) is 0 Å². The molecule has 0 bridgehead atoms. The lowest BCUT2D eigenvalue weighted by molar-refractivity contribution is -0.122. The number of hydrogen-bond donors (Lipinski definition) is 2. The van der Waals surface area contributed by atoms with Crippen molar-refractivity contribution in [2.75, 3.05) is 6.54 Å². The van der Waals surface area contributed by atoms with Crippen LogP contribution in [0.25, 0.3) is 0 Å². The largest absolute Gasteiger partial charge is 0.354 e. The van der Waals surface area contributed by atoms with Crippen LogP contribution in [0.5, 0.6) is 0 Å². The molecule has 2 N–H and O–H groups in total. The molecule has 0 fully saturated rings. The highest BCUT2D eigenvalue weighted by atomic mass is 16.2. The lowest BCUT2D eigenvalue weighted by Gasteiger charge is -2.13. The molecule has 0 radical (unpaired) electrons. The molecule has 0 unspecified atom stereocenters. The highest BCUT2D eigenvalue weighted by Crippen LogP contribution is 2.04. The lowest BCUT2D eigenvalue weighted by Crippen LogP contribution is -2.45. The van der Waals surface area contributed by atoms with Crippen LogP contribution in [0.1, 0.15) is 36.2 Å². The summed E-state index contributed by atoms with van der Waals surface area (Å²) in [5.41, 5.74) is 1.59. The van der Waals surface area contributed by atoms with Gasteiger partial charge in [0.2, 0.25) is 5.91 Å². The van der Waals surface area contributed by atoms with Crippen molar-refractivity contribution in [1.29, 1.82) is 0 Å². The molecule has 2 amide bonds. The number of aryl methyl sites for hydroxylation is 1. The van der Waals surface area contributed by atoms with Gasteiger partial charge in [-0.3, -0.25) is 9.59 Å². The fourth-order valence-corrected chi connectivity index (χ4v) is 1.53. The van der Waals surface area contributed by atoms with E-state index in [2.05, 4.69) is 10.6 Å². The third-order valence-electron chi connectivity index (χ3n) is 2.57. The first-order valence-electron chi connectivity index (χ1n) is 6.19. The minimum absolute atomic E-state index is 0.155. The topological polar surface area (TPSA) is 58.2 Å². The second kappa shape index (κ2) is 6.79. The minimum Gasteiger partial charge on any atom is -0.354 e. The van der Waals surface area contributed by atoms with Crippen LogP contribution in [-0.4, -0.2) is 24.4 Å². The highest BCUT2D eigenvalue weighted by Gasteiger charge is 2.15. The lowest BCUT2D eigenvalue weighted by atomic mass is 10.1. The summed E-state index contributed by atoms with van der Waals surface area (Å²) in [6.07, 6.45) is 0.879. The molecule has 0 aliphatic rings. The van der Waals surface area contributed by atoms with Gasteiger partial charge >= 0.3 is 0 Å². The van der Waals surface area contributed by atoms with Crippen LogP contribution in [0.4, 0.5) is 0 Å². The second-order valence-electron chi connectivity index (χ2n) is 4.36. The molecule has 0 saturated heterocycles. The molecule has 1 atom stereocenters. The number of rotatable bonds is 5. The Bertz CT molecular complexity index is 430. The number of carbonyl (C=O) groups excluding carboxylic acids is 2. The van der Waals surface area contributed by atoms with E-state index >= 15 is 0 Å². The van der Waals surface area contributed by atoms with E-state index in [1.807, 2.05) is 26.0 Å². The van der Waals surface area contributed by atoms with E-state index in [0.29, 0.717) is 12.1 Å². The summed E-state index contributed by atoms with van der Waals surface area (Å²) in [6.45, 7) is 6.21. The molecular weight excluding hydrogens is 228 g/mol. The molecule has 98 valence electrons. The smallest absolute Gasteiger partial charge is 0.251 e. The van der Waals surface area contributed by atoms with Crippen LogP contribution in [0.15, 0.2) is 24.3 Å². The van der Waals surface area contributed by atoms with Crippen molar-refractivity contribution in [2.45, 2.75) is 33.2 Å². The van der Waals surface area contributed by atoms with Gasteiger partial charge in [-0.2, -0.15) is 0 Å². The zero-order valence-corrected chi connectivity index (χ0v) is 11.1. The van der Waals surface area contributed by atoms with Crippen molar-refractivity contribution >= 4 is 11.8 Å². The number of amides is 2. The Hall–Kier alpha value is -1.84. The van der Waals surface area contributed by atoms with Gasteiger partial charge in [0.25, 0.3) is 5.91 Å². The van der Waals surface area contributed by atoms with Crippen LogP contribution in [-0.2, 0) is 4.79 Å². The van der Waals surface area contributed by atoms with E-state index in [0.717, 1.165) is 12.0 Å². The molecule has 4 nitrogen and oxygen atoms in total. The van der Waals surface area contributed by atoms with E-state index < -0.39 is 6.04 Å². The fraction of sp³-hybridized carbons (Fsp3) is 0.429. The van der Waals surface area contributed by atoms with Gasteiger partial charge in [0.05, 0.1) is 0 Å². The molecule has 0 aromatic heterocycles. The van der Waals surface area contributed by atoms with E-state index in [9.17, 15) is 9.59 Å². The van der Waals surface area contributed by atoms with Crippen molar-refractivity contribution in [1.82, 2.24) is 10.6 Å². The maximum absolute atomic E-state index is 11.9. The van der Waals surface area contributed by atoms with Crippen molar-refractivity contribution in [3.63, 3.8) is 0 Å². The summed E-state index contributed by atoms with van der Waals surface area (Å²) >= 11 is 0. The van der Waals surface area contributed by atoms with Gasteiger partial charge in [-0.15, -0.1) is 0 Å². The van der Waals surface area contributed by atoms with E-state index in [1.165, 1.54) is 0 Å². The van der Waals surface area contributed by atoms with Gasteiger partial charge in [0.1, 0.15) is 6.04 Å². The normalized spacial score (nSPS) is 11.7. The second-order valence-corrected chi connectivity index (χ2v) is 4.36. The third kappa shape index (κ3) is 4.20. The minimum atomic E-state index is -0.524. The number of nitrogens with one attached hydrogen (secondary N) is 2. The SMILES string of the molecule is CCCNC(=O)[C@@H](C)NC(=O)c1cccc(C)c1. The first-order chi connectivity index (χ1) is 8.54. The molecular formula is C14H20N2O2. The summed E-state index contributed by atoms with van der Waals surface area (Å²) in [6, 6.07) is 6.76. The quantitative estimate of drug-likeness (QED) is 0.832. The summed E-state index contributed by atoms with van der Waals surface area (Å²) in [5, 5.41) is 5.43. The number of carbonyl (C=O) groups is 2. The van der Waals surface area contributed by atoms with Gasteiger partial charge in [-0.25, -0.2) is 0 Å². The van der Waals surface area contributed by atoms with Crippen LogP contribution >= 0.6 is 0 Å². The standard InChI is InChI=1S/C14H20N2O2/c1-4-8-15-13(17)11(3)16-14(18)12-7-5-6-10(2)9-12/h5-7,9,11H,4,8H2,1-3H3,(H,15,17)(H,16,18)/t11-/m1/s1. The van der Waals surface area contributed by atoms with Crippen molar-refractivity contribution in [3.05, 3.63) is 35.4 Å². The Morgan fingerprint density at radius 2 is 2.06 bits per heavy atom. The van der Waals surface area contributed by atoms with Gasteiger partial charge in [0.15, 0.2) is 0 Å². The first kappa shape index (κ1) is 14.2. The predicted octanol–water partition coefficient (Wildman–Crippen LogP) is 1.64. The van der Waals surface area contributed by atoms with Gasteiger partial charge in [-0.1, -0.05) is 24.6 Å². The molecule has 0 aliphatic carbocycles. The van der Waals surface area contributed by atoms with Crippen molar-refractivity contribution in [3.8, 4) is 0 Å². The molecule has 1 rings (SSSR count). The van der Waals surface area contributed by atoms with E-state index in [-0.39, 0.29) is 11.8 Å². The average Bonchev–Trinajstić information content (AvgIpc) is 2.35. The highest BCUT2D eigenvalue weighted by molar-refractivity contribution is 5.97. The molecule has 0 saturated carbocycles. The Labute approximate surface area is 108 Å². The van der Waals surface area contributed by atoms with Crippen LogP contribution in [0.2, 0.25) is 0 Å². The fourth-order valence-electron chi connectivity index (χ4n) is 1.53. The van der Waals surface area contributed by atoms with Crippen LogP contribution < -0.4 is 10.6 Å². The molecule has 0 aliphatic heterocycles. The van der Waals surface area contributed by atoms with Gasteiger partial charge in [0, 0.05) is 12.1 Å². The molecule has 0 heterocycles. The summed E-state index contributed by atoms with van der Waals surface area (Å²) in [4.78, 5) is 23.5. The third-order valence-corrected chi connectivity index (χ3v) is 2.57. The van der Waals surface area contributed by atoms with Crippen molar-refractivity contribution in [2.24, 2.45) is 0 Å². The molecule has 4 heteroatoms. The summed E-state index contributed by atoms with van der Waals surface area (Å²) < 4.78 is 0. The Morgan fingerprint density at radius 1 is 1.33 bits per heavy atom. The number of hydrogen-bond acceptors (Lipinski definition) is 2. The molecule has 1 aromatic carbocycles. The Balaban J connectivity index is 2.56. The average molecular weight is 248 g/mol. The molecule has 18 heavy (non-hydrogen) atoms. The summed E-state index contributed by atoms with van der Waals surface area (Å²) in [5.74, 6) is -0.379. The Morgan fingerprint density at radius 3 is 2.67 bits per heavy atom. The zero-order chi connectivity index (χ0) is 13.5.